The van der Waals surface area contributed by atoms with Crippen molar-refractivity contribution in [1.29, 1.82) is 0 Å². The first-order valence-corrected chi connectivity index (χ1v) is 8.10. The molecule has 0 atom stereocenters. The van der Waals surface area contributed by atoms with Gasteiger partial charge in [0.15, 0.2) is 5.76 Å². The third-order valence-corrected chi connectivity index (χ3v) is 4.02. The number of hydrogen-bond acceptors (Lipinski definition) is 5. The van der Waals surface area contributed by atoms with Crippen LogP contribution in [0, 0.1) is 12.3 Å². The molecule has 120 valence electrons. The number of aryl methyl sites for hydroxylation is 1. The van der Waals surface area contributed by atoms with Crippen LogP contribution in [0.4, 0.5) is 5.82 Å². The first kappa shape index (κ1) is 15.5. The molecule has 0 unspecified atom stereocenters. The summed E-state index contributed by atoms with van der Waals surface area (Å²) >= 11 is 1.44. The minimum absolute atomic E-state index is 0.0681. The SMILES string of the molecule is Cc1cc(NC(=O)C(C)(C)C)n(-c2nc(-c3ccco3)cs2)n1. The molecule has 0 spiro atoms. The fourth-order valence-electron chi connectivity index (χ4n) is 1.94. The minimum atomic E-state index is -0.481. The molecule has 0 aliphatic carbocycles. The minimum Gasteiger partial charge on any atom is -0.463 e. The van der Waals surface area contributed by atoms with Gasteiger partial charge in [0.2, 0.25) is 11.0 Å². The molecule has 7 heteroatoms. The van der Waals surface area contributed by atoms with E-state index in [4.69, 9.17) is 4.42 Å². The van der Waals surface area contributed by atoms with Crippen LogP contribution >= 0.6 is 11.3 Å². The predicted octanol–water partition coefficient (Wildman–Crippen LogP) is 3.88. The van der Waals surface area contributed by atoms with E-state index in [1.165, 1.54) is 11.3 Å². The third-order valence-electron chi connectivity index (χ3n) is 3.20. The Morgan fingerprint density at radius 1 is 1.39 bits per heavy atom. The summed E-state index contributed by atoms with van der Waals surface area (Å²) in [6.45, 7) is 7.49. The fourth-order valence-corrected chi connectivity index (χ4v) is 2.71. The van der Waals surface area contributed by atoms with Crippen molar-refractivity contribution in [1.82, 2.24) is 14.8 Å². The first-order chi connectivity index (χ1) is 10.8. The van der Waals surface area contributed by atoms with Gasteiger partial charge in [-0.05, 0) is 19.1 Å². The van der Waals surface area contributed by atoms with Crippen LogP contribution in [-0.2, 0) is 4.79 Å². The van der Waals surface area contributed by atoms with Gasteiger partial charge < -0.3 is 9.73 Å². The largest absolute Gasteiger partial charge is 0.463 e. The van der Waals surface area contributed by atoms with Crippen LogP contribution in [-0.4, -0.2) is 20.7 Å². The van der Waals surface area contributed by atoms with Crippen molar-refractivity contribution < 1.29 is 9.21 Å². The zero-order valence-corrected chi connectivity index (χ0v) is 14.3. The molecule has 0 aliphatic heterocycles. The van der Waals surface area contributed by atoms with E-state index in [0.29, 0.717) is 16.7 Å². The normalized spacial score (nSPS) is 11.7. The summed E-state index contributed by atoms with van der Waals surface area (Å²) in [4.78, 5) is 16.8. The fraction of sp³-hybridized carbons (Fsp3) is 0.312. The number of carbonyl (C=O) groups excluding carboxylic acids is 1. The van der Waals surface area contributed by atoms with Gasteiger partial charge in [-0.1, -0.05) is 20.8 Å². The highest BCUT2D eigenvalue weighted by Crippen LogP contribution is 2.27. The van der Waals surface area contributed by atoms with Gasteiger partial charge in [0, 0.05) is 16.9 Å². The number of nitrogens with one attached hydrogen (secondary N) is 1. The van der Waals surface area contributed by atoms with Crippen LogP contribution < -0.4 is 5.32 Å². The van der Waals surface area contributed by atoms with Gasteiger partial charge in [-0.25, -0.2) is 4.98 Å². The maximum absolute atomic E-state index is 12.2. The lowest BCUT2D eigenvalue weighted by Gasteiger charge is -2.17. The monoisotopic (exact) mass is 330 g/mol. The van der Waals surface area contributed by atoms with Crippen molar-refractivity contribution in [3.8, 4) is 16.6 Å². The number of hydrogen-bond donors (Lipinski definition) is 1. The van der Waals surface area contributed by atoms with Crippen molar-refractivity contribution in [3.63, 3.8) is 0 Å². The average molecular weight is 330 g/mol. The molecule has 0 aliphatic rings. The number of anilines is 1. The smallest absolute Gasteiger partial charge is 0.230 e. The van der Waals surface area contributed by atoms with E-state index in [1.807, 2.05) is 51.3 Å². The first-order valence-electron chi connectivity index (χ1n) is 7.22. The second-order valence-electron chi connectivity index (χ2n) is 6.28. The Morgan fingerprint density at radius 2 is 2.17 bits per heavy atom. The molecule has 23 heavy (non-hydrogen) atoms. The molecule has 3 heterocycles. The van der Waals surface area contributed by atoms with Gasteiger partial charge in [0.05, 0.1) is 12.0 Å². The zero-order chi connectivity index (χ0) is 16.6. The van der Waals surface area contributed by atoms with E-state index in [0.717, 1.165) is 11.4 Å². The van der Waals surface area contributed by atoms with Gasteiger partial charge in [0.1, 0.15) is 11.5 Å². The number of furan rings is 1. The van der Waals surface area contributed by atoms with Gasteiger partial charge in [0.25, 0.3) is 0 Å². The van der Waals surface area contributed by atoms with Crippen molar-refractivity contribution >= 4 is 23.1 Å². The summed E-state index contributed by atoms with van der Waals surface area (Å²) in [6.07, 6.45) is 1.61. The van der Waals surface area contributed by atoms with Crippen molar-refractivity contribution in [2.45, 2.75) is 27.7 Å². The van der Waals surface area contributed by atoms with Gasteiger partial charge >= 0.3 is 0 Å². The summed E-state index contributed by atoms with van der Waals surface area (Å²) in [5.74, 6) is 1.25. The van der Waals surface area contributed by atoms with Crippen molar-refractivity contribution in [2.75, 3.05) is 5.32 Å². The Bertz CT molecular complexity index is 825. The second-order valence-corrected chi connectivity index (χ2v) is 7.12. The number of rotatable bonds is 3. The van der Waals surface area contributed by atoms with Crippen LogP contribution in [0.25, 0.3) is 16.6 Å². The molecule has 0 aromatic carbocycles. The van der Waals surface area contributed by atoms with E-state index >= 15 is 0 Å². The molecule has 1 N–H and O–H groups in total. The van der Waals surface area contributed by atoms with E-state index in [-0.39, 0.29) is 5.91 Å². The Balaban J connectivity index is 1.93. The predicted molar refractivity (Wildman–Crippen MR) is 89.8 cm³/mol. The molecule has 6 nitrogen and oxygen atoms in total. The lowest BCUT2D eigenvalue weighted by molar-refractivity contribution is -0.123. The van der Waals surface area contributed by atoms with E-state index in [1.54, 1.807) is 10.9 Å². The molecule has 0 radical (unpaired) electrons. The Kier molecular flexibility index (Phi) is 3.81. The number of amides is 1. The van der Waals surface area contributed by atoms with Crippen LogP contribution in [0.5, 0.6) is 0 Å². The Labute approximate surface area is 138 Å². The number of nitrogens with zero attached hydrogens (tertiary/aromatic N) is 3. The summed E-state index contributed by atoms with van der Waals surface area (Å²) in [5, 5.41) is 9.93. The molecule has 3 rings (SSSR count). The number of thiazole rings is 1. The lowest BCUT2D eigenvalue weighted by Crippen LogP contribution is -2.28. The lowest BCUT2D eigenvalue weighted by atomic mass is 9.96. The summed E-state index contributed by atoms with van der Waals surface area (Å²) < 4.78 is 7.01. The Morgan fingerprint density at radius 3 is 2.83 bits per heavy atom. The van der Waals surface area contributed by atoms with E-state index in [2.05, 4.69) is 15.4 Å². The molecule has 0 saturated heterocycles. The third kappa shape index (κ3) is 3.19. The van der Waals surface area contributed by atoms with Crippen molar-refractivity contribution in [3.05, 3.63) is 35.5 Å². The van der Waals surface area contributed by atoms with Gasteiger partial charge in [-0.2, -0.15) is 9.78 Å². The van der Waals surface area contributed by atoms with Gasteiger partial charge in [-0.15, -0.1) is 11.3 Å². The van der Waals surface area contributed by atoms with Crippen molar-refractivity contribution in [2.24, 2.45) is 5.41 Å². The maximum atomic E-state index is 12.2. The highest BCUT2D eigenvalue weighted by atomic mass is 32.1. The molecule has 0 fully saturated rings. The Hall–Kier alpha value is -2.41. The highest BCUT2D eigenvalue weighted by molar-refractivity contribution is 7.12. The van der Waals surface area contributed by atoms with Gasteiger partial charge in [-0.3, -0.25) is 4.79 Å². The second kappa shape index (κ2) is 5.66. The van der Waals surface area contributed by atoms with Crippen LogP contribution in [0.15, 0.2) is 34.3 Å². The standard InChI is InChI=1S/C16H18N4O2S/c1-10-8-13(18-14(21)16(2,3)4)20(19-10)15-17-11(9-23-15)12-6-5-7-22-12/h5-9H,1-4H3,(H,18,21). The quantitative estimate of drug-likeness (QED) is 0.791. The molecular formula is C16H18N4O2S. The van der Waals surface area contributed by atoms with Crippen LogP contribution in [0.2, 0.25) is 0 Å². The zero-order valence-electron chi connectivity index (χ0n) is 13.5. The molecule has 0 bridgehead atoms. The number of carbonyl (C=O) groups is 1. The van der Waals surface area contributed by atoms with E-state index in [9.17, 15) is 4.79 Å². The summed E-state index contributed by atoms with van der Waals surface area (Å²) in [6, 6.07) is 5.51. The van der Waals surface area contributed by atoms with Crippen LogP contribution in [0.3, 0.4) is 0 Å². The molecule has 0 saturated carbocycles. The summed E-state index contributed by atoms with van der Waals surface area (Å²) in [5.41, 5.74) is 1.07. The van der Waals surface area contributed by atoms with E-state index < -0.39 is 5.41 Å². The number of aromatic nitrogens is 3. The highest BCUT2D eigenvalue weighted by Gasteiger charge is 2.23. The molecule has 3 aromatic rings. The maximum Gasteiger partial charge on any atom is 0.230 e. The topological polar surface area (TPSA) is 73.0 Å². The summed E-state index contributed by atoms with van der Waals surface area (Å²) in [7, 11) is 0. The molecule has 3 aromatic heterocycles. The van der Waals surface area contributed by atoms with Crippen LogP contribution in [0.1, 0.15) is 26.5 Å². The molecular weight excluding hydrogens is 312 g/mol. The molecule has 1 amide bonds. The average Bonchev–Trinajstić information content (AvgIpc) is 3.16.